The third kappa shape index (κ3) is 3.51. The average molecular weight is 380 g/mol. The van der Waals surface area contributed by atoms with Crippen molar-refractivity contribution < 1.29 is 4.79 Å². The number of benzene rings is 4. The topological polar surface area (TPSA) is 20.3 Å². The van der Waals surface area contributed by atoms with Gasteiger partial charge in [0, 0.05) is 25.9 Å². The van der Waals surface area contributed by atoms with E-state index in [2.05, 4.69) is 83.9 Å². The molecule has 0 saturated carbocycles. The van der Waals surface area contributed by atoms with Crippen molar-refractivity contribution in [2.24, 2.45) is 0 Å². The molecule has 2 nitrogen and oxygen atoms in total. The lowest BCUT2D eigenvalue weighted by atomic mass is 9.90. The third-order valence-corrected chi connectivity index (χ3v) is 6.04. The van der Waals surface area contributed by atoms with E-state index in [0.29, 0.717) is 18.6 Å². The van der Waals surface area contributed by atoms with E-state index in [4.69, 9.17) is 0 Å². The molecule has 1 heterocycles. The first kappa shape index (κ1) is 17.9. The van der Waals surface area contributed by atoms with Crippen molar-refractivity contribution in [3.8, 4) is 0 Å². The maximum Gasteiger partial charge on any atom is 0.137 e. The van der Waals surface area contributed by atoms with Crippen LogP contribution >= 0.6 is 0 Å². The van der Waals surface area contributed by atoms with E-state index in [1.165, 1.54) is 32.3 Å². The second-order valence-electron chi connectivity index (χ2n) is 8.02. The fraction of sp³-hybridized carbons (Fsp3) is 0.222. The predicted octanol–water partition coefficient (Wildman–Crippen LogP) is 6.25. The van der Waals surface area contributed by atoms with E-state index in [9.17, 15) is 4.79 Å². The Morgan fingerprint density at radius 3 is 2.38 bits per heavy atom. The number of rotatable bonds is 7. The van der Waals surface area contributed by atoms with E-state index in [1.54, 1.807) is 0 Å². The highest BCUT2D eigenvalue weighted by Gasteiger charge is 2.13. The molecule has 0 aliphatic carbocycles. The Morgan fingerprint density at radius 2 is 1.59 bits per heavy atom. The summed E-state index contributed by atoms with van der Waals surface area (Å²) in [5.41, 5.74) is 1.16. The van der Waals surface area contributed by atoms with Crippen LogP contribution in [0.5, 0.6) is 0 Å². The molecule has 0 spiro atoms. The van der Waals surface area contributed by atoms with Gasteiger partial charge in [-0.15, -0.1) is 0 Å². The molecule has 0 N–H and O–H groups in total. The summed E-state index contributed by atoms with van der Waals surface area (Å²) in [6.07, 6.45) is 11.7. The van der Waals surface area contributed by atoms with Gasteiger partial charge in [-0.2, -0.15) is 0 Å². The van der Waals surface area contributed by atoms with Gasteiger partial charge in [-0.3, -0.25) is 4.79 Å². The molecule has 5 rings (SSSR count). The van der Waals surface area contributed by atoms with Gasteiger partial charge >= 0.3 is 0 Å². The molecule has 29 heavy (non-hydrogen) atoms. The van der Waals surface area contributed by atoms with Gasteiger partial charge in [0.05, 0.1) is 0 Å². The predicted molar refractivity (Wildman–Crippen MR) is 123 cm³/mol. The molecule has 4 aromatic rings. The van der Waals surface area contributed by atoms with Crippen molar-refractivity contribution in [3.63, 3.8) is 0 Å². The Bertz CT molecular complexity index is 1220. The van der Waals surface area contributed by atoms with Crippen LogP contribution in [0.4, 0.5) is 0 Å². The van der Waals surface area contributed by atoms with E-state index < -0.39 is 0 Å². The van der Waals surface area contributed by atoms with Crippen LogP contribution in [0.15, 0.2) is 79.0 Å². The van der Waals surface area contributed by atoms with Gasteiger partial charge in [-0.25, -0.2) is 0 Å². The summed E-state index contributed by atoms with van der Waals surface area (Å²) in [7, 11) is 0. The first-order valence-corrected chi connectivity index (χ1v) is 10.5. The Hall–Kier alpha value is -3.13. The molecule has 1 aliphatic heterocycles. The number of ketones is 1. The van der Waals surface area contributed by atoms with E-state index >= 15 is 0 Å². The highest BCUT2D eigenvalue weighted by atomic mass is 16.1. The number of carbonyl (C=O) groups is 1. The molecule has 0 fully saturated rings. The van der Waals surface area contributed by atoms with E-state index in [0.717, 1.165) is 31.5 Å². The van der Waals surface area contributed by atoms with Crippen LogP contribution in [-0.2, 0) is 11.2 Å². The number of carbonyl (C=O) groups excluding carboxylic acids is 1. The van der Waals surface area contributed by atoms with Crippen LogP contribution in [0.3, 0.4) is 0 Å². The first-order valence-electron chi connectivity index (χ1n) is 10.5. The van der Waals surface area contributed by atoms with Crippen molar-refractivity contribution in [1.29, 1.82) is 0 Å². The van der Waals surface area contributed by atoms with E-state index in [1.807, 2.05) is 0 Å². The molecule has 4 aromatic carbocycles. The monoisotopic (exact) mass is 379 g/mol. The second-order valence-corrected chi connectivity index (χ2v) is 8.02. The molecule has 0 bridgehead atoms. The van der Waals surface area contributed by atoms with Crippen molar-refractivity contribution in [2.75, 3.05) is 13.1 Å². The molecule has 1 aliphatic rings. The minimum Gasteiger partial charge on any atom is -0.374 e. The summed E-state index contributed by atoms with van der Waals surface area (Å²) in [4.78, 5) is 15.0. The molecular formula is C27H25NO. The van der Waals surface area contributed by atoms with Gasteiger partial charge in [0.1, 0.15) is 5.78 Å². The van der Waals surface area contributed by atoms with Crippen molar-refractivity contribution in [3.05, 3.63) is 84.6 Å². The van der Waals surface area contributed by atoms with Crippen LogP contribution in [0.1, 0.15) is 24.8 Å². The Labute approximate surface area is 171 Å². The highest BCUT2D eigenvalue weighted by molar-refractivity contribution is 6.23. The second kappa shape index (κ2) is 7.71. The molecule has 0 unspecified atom stereocenters. The van der Waals surface area contributed by atoms with Gasteiger partial charge < -0.3 is 4.90 Å². The molecule has 0 amide bonds. The van der Waals surface area contributed by atoms with Gasteiger partial charge in [-0.1, -0.05) is 66.7 Å². The lowest BCUT2D eigenvalue weighted by Crippen LogP contribution is -2.20. The Kier molecular flexibility index (Phi) is 4.77. The fourth-order valence-corrected chi connectivity index (χ4v) is 4.56. The lowest BCUT2D eigenvalue weighted by molar-refractivity contribution is -0.118. The van der Waals surface area contributed by atoms with Gasteiger partial charge in [0.15, 0.2) is 0 Å². The van der Waals surface area contributed by atoms with Crippen molar-refractivity contribution in [1.82, 2.24) is 4.90 Å². The van der Waals surface area contributed by atoms with Crippen LogP contribution in [0.2, 0.25) is 0 Å². The van der Waals surface area contributed by atoms with Crippen molar-refractivity contribution in [2.45, 2.75) is 25.7 Å². The smallest absolute Gasteiger partial charge is 0.137 e. The fourth-order valence-electron chi connectivity index (χ4n) is 4.56. The number of allylic oxidation sites excluding steroid dienone is 2. The normalized spacial score (nSPS) is 13.9. The van der Waals surface area contributed by atoms with Crippen LogP contribution in [0.25, 0.3) is 32.3 Å². The van der Waals surface area contributed by atoms with Crippen molar-refractivity contribution >= 4 is 38.1 Å². The summed E-state index contributed by atoms with van der Waals surface area (Å²) in [6.45, 7) is 2.00. The largest absolute Gasteiger partial charge is 0.374 e. The Morgan fingerprint density at radius 1 is 0.828 bits per heavy atom. The molecular weight excluding hydrogens is 354 g/mol. The number of nitrogens with zero attached hydrogens (tertiary/aromatic N) is 1. The summed E-state index contributed by atoms with van der Waals surface area (Å²) < 4.78 is 0. The minimum atomic E-state index is 0.342. The number of Topliss-reactive ketones (excluding diaryl/α,β-unsaturated/α-hetero) is 1. The first-order chi connectivity index (χ1) is 14.3. The number of hydrogen-bond donors (Lipinski definition) is 0. The number of unbranched alkanes of at least 4 members (excludes halogenated alkanes) is 1. The molecule has 0 atom stereocenters. The molecule has 0 radical (unpaired) electrons. The van der Waals surface area contributed by atoms with Gasteiger partial charge in [-0.05, 0) is 63.0 Å². The average Bonchev–Trinajstić information content (AvgIpc) is 2.77. The standard InChI is InChI=1S/C27H25NO/c29-24(9-2-5-18-28-16-3-1-4-17-28)19-23-13-12-22-11-10-20-7-6-8-21-14-15-25(23)27(22)26(20)21/h1,3-4,6-8,10-16H,2,5,9,17-19H2. The molecule has 144 valence electrons. The Balaban J connectivity index is 1.31. The number of hydrogen-bond acceptors (Lipinski definition) is 2. The summed E-state index contributed by atoms with van der Waals surface area (Å²) in [6, 6.07) is 19.6. The van der Waals surface area contributed by atoms with Gasteiger partial charge in [0.2, 0.25) is 0 Å². The summed E-state index contributed by atoms with van der Waals surface area (Å²) >= 11 is 0. The third-order valence-electron chi connectivity index (χ3n) is 6.04. The lowest BCUT2D eigenvalue weighted by Gasteiger charge is -2.20. The molecule has 2 heteroatoms. The maximum absolute atomic E-state index is 12.7. The SMILES string of the molecule is O=C(CCCCN1C=CC=CC1)Cc1ccc2ccc3cccc4ccc1c2c34. The highest BCUT2D eigenvalue weighted by Crippen LogP contribution is 2.36. The zero-order chi connectivity index (χ0) is 19.6. The zero-order valence-corrected chi connectivity index (χ0v) is 16.6. The van der Waals surface area contributed by atoms with Crippen LogP contribution < -0.4 is 0 Å². The van der Waals surface area contributed by atoms with E-state index in [-0.39, 0.29) is 0 Å². The van der Waals surface area contributed by atoms with Crippen LogP contribution in [0, 0.1) is 0 Å². The zero-order valence-electron chi connectivity index (χ0n) is 16.6. The minimum absolute atomic E-state index is 0.342. The summed E-state index contributed by atoms with van der Waals surface area (Å²) in [5, 5.41) is 7.64. The maximum atomic E-state index is 12.7. The molecule has 0 saturated heterocycles. The van der Waals surface area contributed by atoms with Crippen LogP contribution in [-0.4, -0.2) is 23.8 Å². The quantitative estimate of drug-likeness (QED) is 0.279. The van der Waals surface area contributed by atoms with Gasteiger partial charge in [0.25, 0.3) is 0 Å². The molecule has 0 aromatic heterocycles. The summed E-state index contributed by atoms with van der Waals surface area (Å²) in [5.74, 6) is 0.342.